The first-order valence-corrected chi connectivity index (χ1v) is 23.6. The fraction of sp³-hybridized carbons (Fsp3) is 0.269. The number of hydrogen-bond donors (Lipinski definition) is 0. The highest BCUT2D eigenvalue weighted by molar-refractivity contribution is 7.14. The Balaban J connectivity index is 0.925. The molecule has 0 radical (unpaired) electrons. The van der Waals surface area contributed by atoms with Crippen LogP contribution in [0.15, 0.2) is 71.2 Å². The number of aromatic nitrogens is 2. The Bertz CT molecular complexity index is 3090. The number of allylic oxidation sites excluding steroid dienone is 8. The number of carbonyl (C=O) groups excluding carboxylic acids is 4. The number of nitriles is 4. The molecule has 12 rings (SSSR count). The molecule has 8 aliphatic rings. The van der Waals surface area contributed by atoms with Gasteiger partial charge in [0.15, 0.2) is 34.3 Å². The fourth-order valence-corrected chi connectivity index (χ4v) is 13.3. The molecule has 2 aromatic heterocycles. The van der Waals surface area contributed by atoms with Gasteiger partial charge in [-0.05, 0) is 99.9 Å². The monoisotopic (exact) mass is 900 g/mol. The maximum Gasteiger partial charge on any atom is 0.197 e. The van der Waals surface area contributed by atoms with Crippen molar-refractivity contribution in [3.63, 3.8) is 0 Å². The van der Waals surface area contributed by atoms with Crippen LogP contribution in [-0.4, -0.2) is 33.1 Å². The van der Waals surface area contributed by atoms with Crippen LogP contribution in [0.3, 0.4) is 0 Å². The normalized spacial score (nSPS) is 22.2. The van der Waals surface area contributed by atoms with Crippen molar-refractivity contribution in [3.8, 4) is 24.3 Å². The van der Waals surface area contributed by atoms with E-state index in [0.29, 0.717) is 10.0 Å². The van der Waals surface area contributed by atoms with Crippen LogP contribution in [0.25, 0.3) is 23.3 Å². The van der Waals surface area contributed by atoms with Gasteiger partial charge in [-0.1, -0.05) is 25.0 Å². The van der Waals surface area contributed by atoms with E-state index in [1.807, 2.05) is 24.3 Å². The minimum Gasteiger partial charge on any atom is -0.481 e. The molecule has 0 N–H and O–H groups in total. The molecule has 0 saturated heterocycles. The second-order valence-corrected chi connectivity index (χ2v) is 20.0. The van der Waals surface area contributed by atoms with Gasteiger partial charge in [-0.3, -0.25) is 19.2 Å². The fourth-order valence-electron chi connectivity index (χ4n) is 11.0. The number of Topliss-reactive ketones (excluding diaryl/α,β-unsaturated/α-hetero) is 4. The molecule has 12 nitrogen and oxygen atoms in total. The average molecular weight is 901 g/mol. The molecule has 318 valence electrons. The number of carbonyl (C=O) groups is 4. The molecule has 2 fully saturated rings. The van der Waals surface area contributed by atoms with Gasteiger partial charge < -0.3 is 9.47 Å². The summed E-state index contributed by atoms with van der Waals surface area (Å²) in [4.78, 5) is 66.8. The topological polar surface area (TPSA) is 208 Å². The van der Waals surface area contributed by atoms with E-state index < -0.39 is 34.3 Å². The number of thiazole rings is 2. The van der Waals surface area contributed by atoms with E-state index >= 15 is 0 Å². The number of hydrogen-bond acceptors (Lipinski definition) is 14. The number of benzene rings is 2. The maximum absolute atomic E-state index is 13.7. The van der Waals surface area contributed by atoms with Crippen molar-refractivity contribution < 1.29 is 28.7 Å². The molecule has 4 aromatic rings. The Kier molecular flexibility index (Phi) is 8.74. The van der Waals surface area contributed by atoms with Crippen molar-refractivity contribution in [3.05, 3.63) is 147 Å². The highest BCUT2D eigenvalue weighted by Crippen LogP contribution is 2.58. The zero-order valence-electron chi connectivity index (χ0n) is 34.9. The molecule has 2 spiro atoms. The van der Waals surface area contributed by atoms with Crippen LogP contribution >= 0.6 is 22.7 Å². The lowest BCUT2D eigenvalue weighted by Gasteiger charge is -2.45. The molecular formula is C52H32N6O6S2. The van der Waals surface area contributed by atoms with Crippen molar-refractivity contribution in [2.75, 3.05) is 0 Å². The highest BCUT2D eigenvalue weighted by Gasteiger charge is 2.50. The highest BCUT2D eigenvalue weighted by atomic mass is 32.1. The van der Waals surface area contributed by atoms with Crippen LogP contribution in [0.1, 0.15) is 159 Å². The zero-order valence-corrected chi connectivity index (χ0v) is 36.6. The number of rotatable bonds is 2. The quantitative estimate of drug-likeness (QED) is 0.136. The minimum absolute atomic E-state index is 0.0412. The average Bonchev–Trinajstić information content (AvgIpc) is 4.09. The van der Waals surface area contributed by atoms with Crippen molar-refractivity contribution in [2.45, 2.75) is 75.4 Å². The lowest BCUT2D eigenvalue weighted by molar-refractivity contribution is -0.0374. The van der Waals surface area contributed by atoms with E-state index in [1.54, 1.807) is 0 Å². The summed E-state index contributed by atoms with van der Waals surface area (Å²) in [5.74, 6) is -0.728. The molecule has 0 bridgehead atoms. The summed E-state index contributed by atoms with van der Waals surface area (Å²) in [5, 5.41) is 39.3. The van der Waals surface area contributed by atoms with Gasteiger partial charge in [-0.25, -0.2) is 9.97 Å². The van der Waals surface area contributed by atoms with Gasteiger partial charge in [0, 0.05) is 45.2 Å². The number of ketones is 4. The van der Waals surface area contributed by atoms with Crippen LogP contribution in [0.2, 0.25) is 0 Å². The van der Waals surface area contributed by atoms with Gasteiger partial charge in [0.2, 0.25) is 0 Å². The van der Waals surface area contributed by atoms with Gasteiger partial charge >= 0.3 is 0 Å². The zero-order chi connectivity index (χ0) is 45.2. The molecule has 66 heavy (non-hydrogen) atoms. The molecular weight excluding hydrogens is 869 g/mol. The number of nitrogens with zero attached hydrogens (tertiary/aromatic N) is 6. The first-order valence-electron chi connectivity index (χ1n) is 21.9. The second kappa shape index (κ2) is 14.4. The predicted molar refractivity (Wildman–Crippen MR) is 240 cm³/mol. The van der Waals surface area contributed by atoms with E-state index in [0.717, 1.165) is 108 Å². The molecule has 2 aromatic carbocycles. The summed E-state index contributed by atoms with van der Waals surface area (Å²) in [6.07, 6.45) is 20.8. The molecule has 6 aliphatic carbocycles. The van der Waals surface area contributed by atoms with Gasteiger partial charge in [0.05, 0.1) is 43.2 Å². The summed E-state index contributed by atoms with van der Waals surface area (Å²) in [6, 6.07) is 13.1. The first kappa shape index (κ1) is 39.9. The summed E-state index contributed by atoms with van der Waals surface area (Å²) < 4.78 is 14.2. The molecule has 2 aliphatic heterocycles. The van der Waals surface area contributed by atoms with E-state index in [2.05, 4.69) is 24.3 Å². The molecule has 2 saturated carbocycles. The molecule has 2 atom stereocenters. The summed E-state index contributed by atoms with van der Waals surface area (Å²) in [6.45, 7) is 0. The Hall–Kier alpha value is -7.62. The SMILES string of the molecule is N#Cc1cc2c(cc1C#N)C(=O)C(=Cc1nc3c(s1)C1=CC4C=C5OC6(CCCCC6)c6nc(C=C7C(=O)c8cc(C#N)c(C#N)cc8C7=O)sc6C5=CC4C=C1OC31CCCCC1)C2=O. The second-order valence-electron chi connectivity index (χ2n) is 17.9. The maximum atomic E-state index is 13.7. The number of ether oxygens (including phenoxy) is 2. The van der Waals surface area contributed by atoms with Crippen LogP contribution in [0.5, 0.6) is 0 Å². The lowest BCUT2D eigenvalue weighted by Crippen LogP contribution is -2.38. The van der Waals surface area contributed by atoms with Crippen LogP contribution in [0, 0.1) is 57.2 Å². The van der Waals surface area contributed by atoms with Crippen molar-refractivity contribution in [1.29, 1.82) is 21.0 Å². The third-order valence-electron chi connectivity index (χ3n) is 14.2. The van der Waals surface area contributed by atoms with Gasteiger partial charge in [0.25, 0.3) is 0 Å². The summed E-state index contributed by atoms with van der Waals surface area (Å²) >= 11 is 2.84. The van der Waals surface area contributed by atoms with Crippen molar-refractivity contribution >= 4 is 69.1 Å². The molecule has 14 heteroatoms. The van der Waals surface area contributed by atoms with Crippen molar-refractivity contribution in [1.82, 2.24) is 9.97 Å². The third kappa shape index (κ3) is 5.69. The smallest absolute Gasteiger partial charge is 0.197 e. The standard InChI is InChI=1S/C52H32N6O6S2/c53-21-27-13-31-32(14-28(27)22-54)44(60)37(43(31)59)19-41-57-49-47(65-41)35-11-26-18-40-36(12-25(26)17-39(35)63-51(49)7-3-1-4-8-51)48-50(52(64-40)9-5-2-6-10-52)58-42(66-48)20-38-45(61)33-15-29(23-55)30(24-56)16-34(33)46(38)62/h11-20,25-26H,1-10H2. The Morgan fingerprint density at radius 2 is 0.848 bits per heavy atom. The Morgan fingerprint density at radius 3 is 1.17 bits per heavy atom. The van der Waals surface area contributed by atoms with Crippen LogP contribution < -0.4 is 0 Å². The van der Waals surface area contributed by atoms with Gasteiger partial charge in [-0.15, -0.1) is 22.7 Å². The molecule has 0 amide bonds. The van der Waals surface area contributed by atoms with Crippen molar-refractivity contribution in [2.24, 2.45) is 11.8 Å². The van der Waals surface area contributed by atoms with Gasteiger partial charge in [-0.2, -0.15) is 21.0 Å². The number of fused-ring (bicyclic) bond motifs is 11. The largest absolute Gasteiger partial charge is 0.481 e. The summed E-state index contributed by atoms with van der Waals surface area (Å²) in [7, 11) is 0. The van der Waals surface area contributed by atoms with E-state index in [1.165, 1.54) is 59.1 Å². The minimum atomic E-state index is -0.689. The summed E-state index contributed by atoms with van der Waals surface area (Å²) in [5.41, 5.74) is 2.50. The molecule has 2 unspecified atom stereocenters. The van der Waals surface area contributed by atoms with Crippen LogP contribution in [0.4, 0.5) is 0 Å². The third-order valence-corrected chi connectivity index (χ3v) is 16.3. The Morgan fingerprint density at radius 1 is 0.515 bits per heavy atom. The predicted octanol–water partition coefficient (Wildman–Crippen LogP) is 9.89. The van der Waals surface area contributed by atoms with E-state index in [4.69, 9.17) is 19.4 Å². The molecule has 4 heterocycles. The first-order chi connectivity index (χ1) is 32.1. The van der Waals surface area contributed by atoms with Crippen LogP contribution in [-0.2, 0) is 20.7 Å². The Labute approximate surface area is 385 Å². The van der Waals surface area contributed by atoms with E-state index in [-0.39, 0.29) is 67.5 Å². The van der Waals surface area contributed by atoms with Gasteiger partial charge in [0.1, 0.15) is 57.2 Å². The van der Waals surface area contributed by atoms with E-state index in [9.17, 15) is 40.2 Å². The lowest BCUT2D eigenvalue weighted by atomic mass is 9.73.